The summed E-state index contributed by atoms with van der Waals surface area (Å²) in [6.07, 6.45) is 0.881. The molecule has 0 spiro atoms. The van der Waals surface area contributed by atoms with Crippen LogP contribution in [0.4, 0.5) is 0 Å². The molecular formula is C12H16ClN3. The molecule has 3 nitrogen and oxygen atoms in total. The van der Waals surface area contributed by atoms with Crippen LogP contribution in [0.2, 0.25) is 5.15 Å². The first-order chi connectivity index (χ1) is 7.41. The van der Waals surface area contributed by atoms with Gasteiger partial charge < -0.3 is 0 Å². The molecular weight excluding hydrogens is 222 g/mol. The molecule has 2 aromatic heterocycles. The van der Waals surface area contributed by atoms with Gasteiger partial charge in [0.1, 0.15) is 5.15 Å². The van der Waals surface area contributed by atoms with Crippen LogP contribution in [0.1, 0.15) is 39.1 Å². The van der Waals surface area contributed by atoms with E-state index in [1.165, 1.54) is 0 Å². The number of hydrogen-bond donors (Lipinski definition) is 0. The van der Waals surface area contributed by atoms with Crippen LogP contribution < -0.4 is 0 Å². The standard InChI is InChI=1S/C12H16ClN3/c1-5-8-6-10(13)16-11(14-8)7-9(15-16)12(2,3)4/h6-7H,5H2,1-4H3. The molecule has 0 aliphatic carbocycles. The van der Waals surface area contributed by atoms with Crippen LogP contribution >= 0.6 is 11.6 Å². The van der Waals surface area contributed by atoms with Crippen molar-refractivity contribution >= 4 is 17.2 Å². The molecule has 0 fully saturated rings. The maximum Gasteiger partial charge on any atom is 0.157 e. The second-order valence-electron chi connectivity index (χ2n) is 4.97. The molecule has 4 heteroatoms. The molecule has 0 unspecified atom stereocenters. The van der Waals surface area contributed by atoms with E-state index in [0.717, 1.165) is 23.5 Å². The van der Waals surface area contributed by atoms with Gasteiger partial charge in [0.25, 0.3) is 0 Å². The SMILES string of the molecule is CCc1cc(Cl)n2nc(C(C)(C)C)cc2n1. The smallest absolute Gasteiger partial charge is 0.157 e. The maximum absolute atomic E-state index is 6.16. The lowest BCUT2D eigenvalue weighted by Gasteiger charge is -2.13. The largest absolute Gasteiger partial charge is 0.233 e. The van der Waals surface area contributed by atoms with Gasteiger partial charge in [-0.25, -0.2) is 9.50 Å². The van der Waals surface area contributed by atoms with Gasteiger partial charge in [0.2, 0.25) is 0 Å². The summed E-state index contributed by atoms with van der Waals surface area (Å²) in [6, 6.07) is 3.87. The van der Waals surface area contributed by atoms with Crippen molar-refractivity contribution < 1.29 is 0 Å². The minimum atomic E-state index is 0.0173. The van der Waals surface area contributed by atoms with E-state index in [0.29, 0.717) is 5.15 Å². The molecule has 0 aromatic carbocycles. The number of aromatic nitrogens is 3. The zero-order valence-electron chi connectivity index (χ0n) is 10.1. The van der Waals surface area contributed by atoms with Crippen LogP contribution in [0.3, 0.4) is 0 Å². The van der Waals surface area contributed by atoms with Gasteiger partial charge in [-0.2, -0.15) is 5.10 Å². The quantitative estimate of drug-likeness (QED) is 0.713. The third kappa shape index (κ3) is 1.92. The number of fused-ring (bicyclic) bond motifs is 1. The summed E-state index contributed by atoms with van der Waals surface area (Å²) in [5.41, 5.74) is 2.85. The summed E-state index contributed by atoms with van der Waals surface area (Å²) in [4.78, 5) is 4.50. The second-order valence-corrected chi connectivity index (χ2v) is 5.36. The fourth-order valence-corrected chi connectivity index (χ4v) is 1.78. The molecule has 0 saturated carbocycles. The van der Waals surface area contributed by atoms with E-state index in [9.17, 15) is 0 Å². The van der Waals surface area contributed by atoms with Crippen molar-refractivity contribution in [2.24, 2.45) is 0 Å². The van der Waals surface area contributed by atoms with Crippen molar-refractivity contribution in [3.8, 4) is 0 Å². The Labute approximate surface area is 100 Å². The predicted molar refractivity (Wildman–Crippen MR) is 66.1 cm³/mol. The molecule has 0 saturated heterocycles. The van der Waals surface area contributed by atoms with Gasteiger partial charge in [-0.3, -0.25) is 0 Å². The molecule has 2 rings (SSSR count). The third-order valence-electron chi connectivity index (χ3n) is 2.57. The topological polar surface area (TPSA) is 30.2 Å². The lowest BCUT2D eigenvalue weighted by Crippen LogP contribution is -2.11. The molecule has 0 bridgehead atoms. The summed E-state index contributed by atoms with van der Waals surface area (Å²) in [5, 5.41) is 5.10. The molecule has 16 heavy (non-hydrogen) atoms. The van der Waals surface area contributed by atoms with E-state index < -0.39 is 0 Å². The highest BCUT2D eigenvalue weighted by molar-refractivity contribution is 6.29. The lowest BCUT2D eigenvalue weighted by atomic mass is 9.93. The number of rotatable bonds is 1. The third-order valence-corrected chi connectivity index (χ3v) is 2.84. The molecule has 0 N–H and O–H groups in total. The van der Waals surface area contributed by atoms with Crippen LogP contribution in [-0.4, -0.2) is 14.6 Å². The van der Waals surface area contributed by atoms with Crippen LogP contribution in [0.15, 0.2) is 12.1 Å². The highest BCUT2D eigenvalue weighted by atomic mass is 35.5. The zero-order chi connectivity index (χ0) is 11.9. The van der Waals surface area contributed by atoms with E-state index in [2.05, 4.69) is 37.8 Å². The van der Waals surface area contributed by atoms with Crippen molar-refractivity contribution in [1.82, 2.24) is 14.6 Å². The molecule has 0 aliphatic heterocycles. The summed E-state index contributed by atoms with van der Waals surface area (Å²) in [5.74, 6) is 0. The number of hydrogen-bond acceptors (Lipinski definition) is 2. The average Bonchev–Trinajstić information content (AvgIpc) is 2.61. The van der Waals surface area contributed by atoms with E-state index in [-0.39, 0.29) is 5.41 Å². The van der Waals surface area contributed by atoms with Gasteiger partial charge in [0.15, 0.2) is 5.65 Å². The highest BCUT2D eigenvalue weighted by Crippen LogP contribution is 2.23. The summed E-state index contributed by atoms with van der Waals surface area (Å²) in [7, 11) is 0. The van der Waals surface area contributed by atoms with Crippen molar-refractivity contribution in [2.75, 3.05) is 0 Å². The number of halogens is 1. The van der Waals surface area contributed by atoms with Gasteiger partial charge >= 0.3 is 0 Å². The fraction of sp³-hybridized carbons (Fsp3) is 0.500. The van der Waals surface area contributed by atoms with Gasteiger partial charge in [0.05, 0.1) is 5.69 Å². The molecule has 0 amide bonds. The summed E-state index contributed by atoms with van der Waals surface area (Å²) < 4.78 is 1.70. The first kappa shape index (κ1) is 11.4. The Hall–Kier alpha value is -1.09. The minimum Gasteiger partial charge on any atom is -0.233 e. The molecule has 0 radical (unpaired) electrons. The summed E-state index contributed by atoms with van der Waals surface area (Å²) in [6.45, 7) is 8.45. The monoisotopic (exact) mass is 237 g/mol. The van der Waals surface area contributed by atoms with Gasteiger partial charge in [-0.1, -0.05) is 39.3 Å². The number of aryl methyl sites for hydroxylation is 1. The van der Waals surface area contributed by atoms with E-state index in [1.807, 2.05) is 12.1 Å². The summed E-state index contributed by atoms with van der Waals surface area (Å²) >= 11 is 6.16. The van der Waals surface area contributed by atoms with E-state index in [4.69, 9.17) is 11.6 Å². The molecule has 86 valence electrons. The minimum absolute atomic E-state index is 0.0173. The Balaban J connectivity index is 2.66. The maximum atomic E-state index is 6.16. The van der Waals surface area contributed by atoms with Gasteiger partial charge in [-0.15, -0.1) is 0 Å². The van der Waals surface area contributed by atoms with Gasteiger partial charge in [0, 0.05) is 17.2 Å². The fourth-order valence-electron chi connectivity index (χ4n) is 1.53. The number of nitrogens with zero attached hydrogens (tertiary/aromatic N) is 3. The van der Waals surface area contributed by atoms with Crippen LogP contribution in [0.5, 0.6) is 0 Å². The van der Waals surface area contributed by atoms with Crippen molar-refractivity contribution in [2.45, 2.75) is 39.5 Å². The molecule has 0 aliphatic rings. The first-order valence-corrected chi connectivity index (χ1v) is 5.85. The predicted octanol–water partition coefficient (Wildman–Crippen LogP) is 3.24. The normalized spacial score (nSPS) is 12.3. The van der Waals surface area contributed by atoms with Crippen LogP contribution in [0, 0.1) is 0 Å². The first-order valence-electron chi connectivity index (χ1n) is 5.47. The Morgan fingerprint density at radius 2 is 2.00 bits per heavy atom. The Bertz CT molecular complexity index is 523. The van der Waals surface area contributed by atoms with Crippen LogP contribution in [0.25, 0.3) is 5.65 Å². The highest BCUT2D eigenvalue weighted by Gasteiger charge is 2.19. The Morgan fingerprint density at radius 1 is 1.31 bits per heavy atom. The molecule has 2 heterocycles. The van der Waals surface area contributed by atoms with Crippen molar-refractivity contribution in [1.29, 1.82) is 0 Å². The molecule has 2 aromatic rings. The van der Waals surface area contributed by atoms with Gasteiger partial charge in [-0.05, 0) is 12.5 Å². The Morgan fingerprint density at radius 3 is 2.56 bits per heavy atom. The second kappa shape index (κ2) is 3.74. The van der Waals surface area contributed by atoms with E-state index in [1.54, 1.807) is 4.52 Å². The van der Waals surface area contributed by atoms with Crippen molar-refractivity contribution in [3.05, 3.63) is 28.7 Å². The average molecular weight is 238 g/mol. The Kier molecular flexibility index (Phi) is 2.66. The lowest BCUT2D eigenvalue weighted by molar-refractivity contribution is 0.562. The van der Waals surface area contributed by atoms with Crippen molar-refractivity contribution in [3.63, 3.8) is 0 Å². The zero-order valence-corrected chi connectivity index (χ0v) is 10.8. The molecule has 0 atom stereocenters. The van der Waals surface area contributed by atoms with E-state index >= 15 is 0 Å². The van der Waals surface area contributed by atoms with Crippen LogP contribution in [-0.2, 0) is 11.8 Å².